The third-order valence-electron chi connectivity index (χ3n) is 5.75. The van der Waals surface area contributed by atoms with E-state index >= 15 is 0 Å². The Hall–Kier alpha value is -3.23. The monoisotopic (exact) mass is 496 g/mol. The molecule has 0 aliphatic rings. The molecule has 0 saturated heterocycles. The molecule has 9 heteroatoms. The molecule has 6 nitrogen and oxygen atoms in total. The molecule has 34 heavy (non-hydrogen) atoms. The zero-order chi connectivity index (χ0) is 24.4. The van der Waals surface area contributed by atoms with E-state index in [4.69, 9.17) is 23.8 Å². The van der Waals surface area contributed by atoms with E-state index in [2.05, 4.69) is 33.0 Å². The van der Waals surface area contributed by atoms with Gasteiger partial charge in [-0.2, -0.15) is 10.2 Å². The molecular formula is C25H26ClFN6S. The molecular weight excluding hydrogens is 471 g/mol. The van der Waals surface area contributed by atoms with Gasteiger partial charge < -0.3 is 10.6 Å². The number of anilines is 2. The van der Waals surface area contributed by atoms with Crippen molar-refractivity contribution in [2.75, 3.05) is 10.6 Å². The number of thiocarbonyl (C=S) groups is 1. The zero-order valence-corrected chi connectivity index (χ0v) is 21.1. The fourth-order valence-corrected chi connectivity index (χ4v) is 4.32. The molecule has 0 spiro atoms. The van der Waals surface area contributed by atoms with E-state index in [1.54, 1.807) is 6.07 Å². The van der Waals surface area contributed by atoms with E-state index in [0.717, 1.165) is 39.7 Å². The summed E-state index contributed by atoms with van der Waals surface area (Å²) in [6, 6.07) is 14.6. The van der Waals surface area contributed by atoms with Crippen LogP contribution in [0.1, 0.15) is 33.9 Å². The molecule has 2 N–H and O–H groups in total. The van der Waals surface area contributed by atoms with Crippen molar-refractivity contribution < 1.29 is 4.39 Å². The maximum Gasteiger partial charge on any atom is 0.175 e. The van der Waals surface area contributed by atoms with E-state index < -0.39 is 0 Å². The molecule has 2 aromatic heterocycles. The van der Waals surface area contributed by atoms with Gasteiger partial charge in [0.05, 0.1) is 47.2 Å². The summed E-state index contributed by atoms with van der Waals surface area (Å²) in [7, 11) is 0. The average molecular weight is 497 g/mol. The number of aryl methyl sites for hydroxylation is 2. The molecule has 4 rings (SSSR count). The molecule has 2 heterocycles. The van der Waals surface area contributed by atoms with Gasteiger partial charge in [0.25, 0.3) is 0 Å². The minimum Gasteiger partial charge on any atom is -0.329 e. The molecule has 0 fully saturated rings. The molecule has 2 aromatic carbocycles. The van der Waals surface area contributed by atoms with Crippen molar-refractivity contribution in [2.45, 2.75) is 40.8 Å². The summed E-state index contributed by atoms with van der Waals surface area (Å²) in [6.07, 6.45) is 0. The SMILES string of the molecule is Cc1nn(Cc2ccccc2)c(C)c1NC(=S)Nc1c(C)nn(Cc2ccc(F)cc2Cl)c1C. The largest absolute Gasteiger partial charge is 0.329 e. The molecule has 176 valence electrons. The molecule has 4 aromatic rings. The number of benzene rings is 2. The van der Waals surface area contributed by atoms with Gasteiger partial charge in [-0.3, -0.25) is 9.36 Å². The van der Waals surface area contributed by atoms with Crippen molar-refractivity contribution in [3.63, 3.8) is 0 Å². The lowest BCUT2D eigenvalue weighted by Gasteiger charge is -2.12. The van der Waals surface area contributed by atoms with E-state index in [1.165, 1.54) is 17.7 Å². The maximum atomic E-state index is 13.4. The second-order valence-corrected chi connectivity index (χ2v) is 9.02. The summed E-state index contributed by atoms with van der Waals surface area (Å²) in [5.74, 6) is -0.362. The zero-order valence-electron chi connectivity index (χ0n) is 19.5. The lowest BCUT2D eigenvalue weighted by Crippen LogP contribution is -2.21. The standard InChI is InChI=1S/C25H26ClFN6S/c1-15-23(17(3)32(30-15)13-19-8-6-5-7-9-19)28-25(34)29-24-16(2)31-33(18(24)4)14-20-10-11-21(27)12-22(20)26/h5-12H,13-14H2,1-4H3,(H2,28,29,34). The average Bonchev–Trinajstić information content (AvgIpc) is 3.20. The van der Waals surface area contributed by atoms with Crippen LogP contribution in [0, 0.1) is 33.5 Å². The number of hydrogen-bond donors (Lipinski definition) is 2. The Morgan fingerprint density at radius 3 is 2.00 bits per heavy atom. The van der Waals surface area contributed by atoms with Crippen LogP contribution in [0.2, 0.25) is 5.02 Å². The van der Waals surface area contributed by atoms with Crippen LogP contribution in [0.15, 0.2) is 48.5 Å². The quantitative estimate of drug-likeness (QED) is 0.320. The van der Waals surface area contributed by atoms with E-state index in [1.807, 2.05) is 55.3 Å². The van der Waals surface area contributed by atoms with Gasteiger partial charge >= 0.3 is 0 Å². The molecule has 0 amide bonds. The number of halogens is 2. The maximum absolute atomic E-state index is 13.4. The Labute approximate surface area is 208 Å². The predicted octanol–water partition coefficient (Wildman–Crippen LogP) is 6.01. The van der Waals surface area contributed by atoms with Crippen LogP contribution in [0.3, 0.4) is 0 Å². The second kappa shape index (κ2) is 9.95. The Morgan fingerprint density at radius 1 is 0.882 bits per heavy atom. The second-order valence-electron chi connectivity index (χ2n) is 8.21. The van der Waals surface area contributed by atoms with Gasteiger partial charge in [0.15, 0.2) is 5.11 Å². The third-order valence-corrected chi connectivity index (χ3v) is 6.31. The fourth-order valence-electron chi connectivity index (χ4n) is 3.89. The number of hydrogen-bond acceptors (Lipinski definition) is 3. The highest BCUT2D eigenvalue weighted by atomic mass is 35.5. The summed E-state index contributed by atoms with van der Waals surface area (Å²) < 4.78 is 17.2. The van der Waals surface area contributed by atoms with Crippen LogP contribution in [0.5, 0.6) is 0 Å². The fraction of sp³-hybridized carbons (Fsp3) is 0.240. The van der Waals surface area contributed by atoms with Gasteiger partial charge in [-0.05, 0) is 63.2 Å². The number of nitrogens with one attached hydrogen (secondary N) is 2. The van der Waals surface area contributed by atoms with E-state index in [0.29, 0.717) is 23.2 Å². The Morgan fingerprint density at radius 2 is 1.44 bits per heavy atom. The molecule has 0 saturated carbocycles. The van der Waals surface area contributed by atoms with Gasteiger partial charge in [0.1, 0.15) is 5.82 Å². The van der Waals surface area contributed by atoms with Gasteiger partial charge in [0.2, 0.25) is 0 Å². The highest BCUT2D eigenvalue weighted by Gasteiger charge is 2.17. The number of rotatable bonds is 6. The van der Waals surface area contributed by atoms with Gasteiger partial charge in [0, 0.05) is 5.02 Å². The van der Waals surface area contributed by atoms with Crippen LogP contribution in [-0.2, 0) is 13.1 Å². The molecule has 0 unspecified atom stereocenters. The minimum atomic E-state index is -0.362. The van der Waals surface area contributed by atoms with Crippen LogP contribution >= 0.6 is 23.8 Å². The Kier molecular flexibility index (Phi) is 7.00. The highest BCUT2D eigenvalue weighted by molar-refractivity contribution is 7.80. The van der Waals surface area contributed by atoms with Crippen molar-refractivity contribution in [3.8, 4) is 0 Å². The molecule has 0 aliphatic heterocycles. The van der Waals surface area contributed by atoms with Gasteiger partial charge in [-0.1, -0.05) is 48.0 Å². The van der Waals surface area contributed by atoms with Crippen molar-refractivity contribution in [1.82, 2.24) is 19.6 Å². The van der Waals surface area contributed by atoms with Crippen LogP contribution in [0.4, 0.5) is 15.8 Å². The Bertz CT molecular complexity index is 1350. The summed E-state index contributed by atoms with van der Waals surface area (Å²) in [5.41, 5.74) is 7.24. The first kappa shape index (κ1) is 23.9. The summed E-state index contributed by atoms with van der Waals surface area (Å²) in [5, 5.41) is 16.7. The molecule has 0 atom stereocenters. The van der Waals surface area contributed by atoms with Crippen molar-refractivity contribution in [1.29, 1.82) is 0 Å². The lowest BCUT2D eigenvalue weighted by molar-refractivity contribution is 0.622. The summed E-state index contributed by atoms with van der Waals surface area (Å²) >= 11 is 11.8. The van der Waals surface area contributed by atoms with Crippen molar-refractivity contribution in [2.24, 2.45) is 0 Å². The van der Waals surface area contributed by atoms with E-state index in [-0.39, 0.29) is 5.82 Å². The number of nitrogens with zero attached hydrogens (tertiary/aromatic N) is 4. The first-order valence-corrected chi connectivity index (χ1v) is 11.7. The highest BCUT2D eigenvalue weighted by Crippen LogP contribution is 2.25. The first-order chi connectivity index (χ1) is 16.2. The van der Waals surface area contributed by atoms with Crippen LogP contribution in [0.25, 0.3) is 0 Å². The van der Waals surface area contributed by atoms with Crippen LogP contribution < -0.4 is 10.6 Å². The first-order valence-electron chi connectivity index (χ1n) is 10.9. The normalized spacial score (nSPS) is 11.0. The molecule has 0 aliphatic carbocycles. The summed E-state index contributed by atoms with van der Waals surface area (Å²) in [4.78, 5) is 0. The van der Waals surface area contributed by atoms with Gasteiger partial charge in [-0.15, -0.1) is 0 Å². The van der Waals surface area contributed by atoms with Gasteiger partial charge in [-0.25, -0.2) is 4.39 Å². The summed E-state index contributed by atoms with van der Waals surface area (Å²) in [6.45, 7) is 8.96. The minimum absolute atomic E-state index is 0.362. The topological polar surface area (TPSA) is 59.7 Å². The molecule has 0 bridgehead atoms. The van der Waals surface area contributed by atoms with Crippen molar-refractivity contribution in [3.05, 3.63) is 93.3 Å². The smallest absolute Gasteiger partial charge is 0.175 e. The van der Waals surface area contributed by atoms with Crippen molar-refractivity contribution >= 4 is 40.3 Å². The Balaban J connectivity index is 1.48. The number of aromatic nitrogens is 4. The lowest BCUT2D eigenvalue weighted by atomic mass is 10.2. The van der Waals surface area contributed by atoms with E-state index in [9.17, 15) is 4.39 Å². The predicted molar refractivity (Wildman–Crippen MR) is 139 cm³/mol. The molecule has 0 radical (unpaired) electrons. The van der Waals surface area contributed by atoms with Crippen LogP contribution in [-0.4, -0.2) is 24.7 Å². The third kappa shape index (κ3) is 5.13.